The molecule has 3 rings (SSSR count). The van der Waals surface area contributed by atoms with Gasteiger partial charge in [0.25, 0.3) is 0 Å². The number of piperazine rings is 1. The van der Waals surface area contributed by atoms with Crippen LogP contribution < -0.4 is 10.2 Å². The van der Waals surface area contributed by atoms with Gasteiger partial charge in [0.1, 0.15) is 5.82 Å². The summed E-state index contributed by atoms with van der Waals surface area (Å²) in [6.07, 6.45) is 5.74. The number of aliphatic imine (C=N–C) groups is 1. The summed E-state index contributed by atoms with van der Waals surface area (Å²) in [5, 5.41) is 3.63. The molecule has 2 aliphatic rings. The Labute approximate surface area is 181 Å². The van der Waals surface area contributed by atoms with Gasteiger partial charge in [0.05, 0.1) is 0 Å². The molecule has 0 aliphatic carbocycles. The highest BCUT2D eigenvalue weighted by molar-refractivity contribution is 14.0. The van der Waals surface area contributed by atoms with E-state index in [1.807, 2.05) is 19.3 Å². The van der Waals surface area contributed by atoms with Crippen LogP contribution in [0.15, 0.2) is 29.4 Å². The van der Waals surface area contributed by atoms with E-state index < -0.39 is 0 Å². The highest BCUT2D eigenvalue weighted by atomic mass is 127. The van der Waals surface area contributed by atoms with Gasteiger partial charge in [0.2, 0.25) is 0 Å². The first-order chi connectivity index (χ1) is 12.8. The minimum absolute atomic E-state index is 0. The van der Waals surface area contributed by atoms with E-state index in [1.54, 1.807) is 0 Å². The molecule has 1 aromatic rings. The SMILES string of the molecule is CCCN1CCC(CNC(=NC)N2CCN(c3ccccn3)CC2)CC1.I. The molecule has 2 saturated heterocycles. The van der Waals surface area contributed by atoms with Crippen LogP contribution in [0.1, 0.15) is 26.2 Å². The first kappa shape index (κ1) is 22.2. The van der Waals surface area contributed by atoms with Gasteiger partial charge in [-0.25, -0.2) is 4.98 Å². The zero-order valence-corrected chi connectivity index (χ0v) is 19.1. The molecule has 27 heavy (non-hydrogen) atoms. The summed E-state index contributed by atoms with van der Waals surface area (Å²) in [4.78, 5) is 16.3. The lowest BCUT2D eigenvalue weighted by atomic mass is 9.97. The van der Waals surface area contributed by atoms with Crippen LogP contribution in [0.4, 0.5) is 5.82 Å². The summed E-state index contributed by atoms with van der Waals surface area (Å²) in [5.41, 5.74) is 0. The van der Waals surface area contributed by atoms with Crippen molar-refractivity contribution < 1.29 is 0 Å². The van der Waals surface area contributed by atoms with E-state index in [0.29, 0.717) is 0 Å². The average Bonchev–Trinajstić information content (AvgIpc) is 2.71. The molecule has 0 bridgehead atoms. The van der Waals surface area contributed by atoms with Crippen LogP contribution in [0.2, 0.25) is 0 Å². The van der Waals surface area contributed by atoms with E-state index in [9.17, 15) is 0 Å². The number of hydrogen-bond acceptors (Lipinski definition) is 4. The van der Waals surface area contributed by atoms with Crippen molar-refractivity contribution in [2.45, 2.75) is 26.2 Å². The highest BCUT2D eigenvalue weighted by Crippen LogP contribution is 2.17. The molecule has 0 aromatic carbocycles. The minimum Gasteiger partial charge on any atom is -0.356 e. The van der Waals surface area contributed by atoms with E-state index in [4.69, 9.17) is 0 Å². The van der Waals surface area contributed by atoms with Crippen molar-refractivity contribution >= 4 is 35.8 Å². The number of anilines is 1. The van der Waals surface area contributed by atoms with Crippen molar-refractivity contribution in [3.63, 3.8) is 0 Å². The first-order valence-electron chi connectivity index (χ1n) is 10.1. The third kappa shape index (κ3) is 6.48. The van der Waals surface area contributed by atoms with Crippen LogP contribution in [0.5, 0.6) is 0 Å². The number of nitrogens with zero attached hydrogens (tertiary/aromatic N) is 5. The normalized spacial score (nSPS) is 19.7. The molecule has 1 N–H and O–H groups in total. The Hall–Kier alpha value is -1.09. The Balaban J connectivity index is 0.00000261. The molecule has 0 spiro atoms. The standard InChI is InChI=1S/C20H34N6.HI/c1-3-10-24-11-7-18(8-12-24)17-23-20(21-2)26-15-13-25(14-16-26)19-6-4-5-9-22-19;/h4-6,9,18H,3,7-8,10-17H2,1-2H3,(H,21,23);1H. The van der Waals surface area contributed by atoms with Gasteiger partial charge in [0, 0.05) is 46.0 Å². The first-order valence-corrected chi connectivity index (χ1v) is 10.1. The molecule has 6 nitrogen and oxygen atoms in total. The molecular formula is C20H35IN6. The maximum atomic E-state index is 4.53. The van der Waals surface area contributed by atoms with Crippen molar-refractivity contribution in [2.75, 3.05) is 64.3 Å². The van der Waals surface area contributed by atoms with E-state index in [2.05, 4.69) is 49.0 Å². The number of rotatable bonds is 5. The highest BCUT2D eigenvalue weighted by Gasteiger charge is 2.22. The summed E-state index contributed by atoms with van der Waals surface area (Å²) in [6.45, 7) is 11.0. The molecule has 0 unspecified atom stereocenters. The van der Waals surface area contributed by atoms with Crippen molar-refractivity contribution in [1.29, 1.82) is 0 Å². The molecule has 0 radical (unpaired) electrons. The van der Waals surface area contributed by atoms with Crippen molar-refractivity contribution in [3.8, 4) is 0 Å². The number of halogens is 1. The topological polar surface area (TPSA) is 47.0 Å². The number of aromatic nitrogens is 1. The monoisotopic (exact) mass is 486 g/mol. The quantitative estimate of drug-likeness (QED) is 0.394. The summed E-state index contributed by atoms with van der Waals surface area (Å²) in [5.74, 6) is 2.91. The van der Waals surface area contributed by atoms with Gasteiger partial charge in [-0.3, -0.25) is 4.99 Å². The smallest absolute Gasteiger partial charge is 0.193 e. The maximum absolute atomic E-state index is 4.53. The lowest BCUT2D eigenvalue weighted by Crippen LogP contribution is -2.53. The number of likely N-dealkylation sites (tertiary alicyclic amines) is 1. The second-order valence-corrected chi connectivity index (χ2v) is 7.38. The molecule has 3 heterocycles. The third-order valence-corrected chi connectivity index (χ3v) is 5.56. The van der Waals surface area contributed by atoms with Crippen LogP contribution in [-0.2, 0) is 0 Å². The van der Waals surface area contributed by atoms with Gasteiger partial charge < -0.3 is 20.0 Å². The molecule has 2 fully saturated rings. The molecule has 0 amide bonds. The number of hydrogen-bond donors (Lipinski definition) is 1. The van der Waals surface area contributed by atoms with Gasteiger partial charge in [-0.05, 0) is 56.9 Å². The molecular weight excluding hydrogens is 451 g/mol. The second kappa shape index (κ2) is 11.7. The number of nitrogens with one attached hydrogen (secondary N) is 1. The second-order valence-electron chi connectivity index (χ2n) is 7.38. The molecule has 0 atom stereocenters. The van der Waals surface area contributed by atoms with Gasteiger partial charge in [0.15, 0.2) is 5.96 Å². The van der Waals surface area contributed by atoms with Crippen LogP contribution in [-0.4, -0.2) is 80.1 Å². The lowest BCUT2D eigenvalue weighted by Gasteiger charge is -2.38. The summed E-state index contributed by atoms with van der Waals surface area (Å²) >= 11 is 0. The fourth-order valence-electron chi connectivity index (χ4n) is 3.99. The molecule has 7 heteroatoms. The molecule has 1 aromatic heterocycles. The van der Waals surface area contributed by atoms with Gasteiger partial charge in [-0.15, -0.1) is 24.0 Å². The van der Waals surface area contributed by atoms with Crippen LogP contribution in [0.25, 0.3) is 0 Å². The van der Waals surface area contributed by atoms with E-state index in [-0.39, 0.29) is 24.0 Å². The number of guanidine groups is 1. The van der Waals surface area contributed by atoms with Crippen LogP contribution in [0, 0.1) is 5.92 Å². The predicted molar refractivity (Wildman–Crippen MR) is 124 cm³/mol. The fraction of sp³-hybridized carbons (Fsp3) is 0.700. The lowest BCUT2D eigenvalue weighted by molar-refractivity contribution is 0.184. The maximum Gasteiger partial charge on any atom is 0.193 e. The van der Waals surface area contributed by atoms with E-state index in [0.717, 1.165) is 50.4 Å². The molecule has 152 valence electrons. The zero-order chi connectivity index (χ0) is 18.2. The minimum atomic E-state index is 0. The molecule has 2 aliphatic heterocycles. The van der Waals surface area contributed by atoms with Gasteiger partial charge in [-0.2, -0.15) is 0 Å². The fourth-order valence-corrected chi connectivity index (χ4v) is 3.99. The molecule has 0 saturated carbocycles. The van der Waals surface area contributed by atoms with Crippen LogP contribution in [0.3, 0.4) is 0 Å². The Bertz CT molecular complexity index is 551. The van der Waals surface area contributed by atoms with Gasteiger partial charge >= 0.3 is 0 Å². The van der Waals surface area contributed by atoms with E-state index >= 15 is 0 Å². The average molecular weight is 486 g/mol. The Morgan fingerprint density at radius 3 is 2.48 bits per heavy atom. The summed E-state index contributed by atoms with van der Waals surface area (Å²) < 4.78 is 0. The van der Waals surface area contributed by atoms with Crippen molar-refractivity contribution in [3.05, 3.63) is 24.4 Å². The zero-order valence-electron chi connectivity index (χ0n) is 16.8. The van der Waals surface area contributed by atoms with Gasteiger partial charge in [-0.1, -0.05) is 13.0 Å². The Kier molecular flexibility index (Phi) is 9.61. The summed E-state index contributed by atoms with van der Waals surface area (Å²) in [7, 11) is 1.90. The number of piperidine rings is 1. The van der Waals surface area contributed by atoms with E-state index in [1.165, 1.54) is 38.9 Å². The summed E-state index contributed by atoms with van der Waals surface area (Å²) in [6, 6.07) is 6.12. The largest absolute Gasteiger partial charge is 0.356 e. The Morgan fingerprint density at radius 1 is 1.15 bits per heavy atom. The van der Waals surface area contributed by atoms with Crippen molar-refractivity contribution in [2.24, 2.45) is 10.9 Å². The third-order valence-electron chi connectivity index (χ3n) is 5.56. The number of pyridine rings is 1. The Morgan fingerprint density at radius 2 is 1.89 bits per heavy atom. The van der Waals surface area contributed by atoms with Crippen LogP contribution >= 0.6 is 24.0 Å². The van der Waals surface area contributed by atoms with Crippen molar-refractivity contribution in [1.82, 2.24) is 20.1 Å². The predicted octanol–water partition coefficient (Wildman–Crippen LogP) is 2.52.